The summed E-state index contributed by atoms with van der Waals surface area (Å²) in [5.41, 5.74) is 2.87. The van der Waals surface area contributed by atoms with Crippen LogP contribution in [-0.4, -0.2) is 23.5 Å². The Kier molecular flexibility index (Phi) is 6.01. The molecule has 0 saturated heterocycles. The maximum Gasteiger partial charge on any atom is 0.344 e. The zero-order valence-corrected chi connectivity index (χ0v) is 15.6. The topological polar surface area (TPSA) is 77.5 Å². The molecule has 6 nitrogen and oxygen atoms in total. The van der Waals surface area contributed by atoms with Crippen LogP contribution in [0.15, 0.2) is 66.9 Å². The smallest absolute Gasteiger partial charge is 0.344 e. The van der Waals surface area contributed by atoms with E-state index < -0.39 is 18.5 Å². The molecule has 0 radical (unpaired) electrons. The monoisotopic (exact) mass is 376 g/mol. The summed E-state index contributed by atoms with van der Waals surface area (Å²) in [5, 5.41) is 2.72. The summed E-state index contributed by atoms with van der Waals surface area (Å²) in [5.74, 6) is -0.446. The number of amides is 1. The van der Waals surface area contributed by atoms with Gasteiger partial charge in [-0.25, -0.2) is 9.78 Å². The SMILES string of the molecule is Cc1cc(C)cc(NC(=O)COC(=O)c2cccnc2Oc2ccccc2)c1. The van der Waals surface area contributed by atoms with Gasteiger partial charge in [-0.05, 0) is 61.4 Å². The van der Waals surface area contributed by atoms with Crippen molar-refractivity contribution in [2.24, 2.45) is 0 Å². The van der Waals surface area contributed by atoms with Crippen molar-refractivity contribution in [2.45, 2.75) is 13.8 Å². The Bertz CT molecular complexity index is 967. The molecule has 0 aliphatic rings. The molecule has 0 aliphatic carbocycles. The van der Waals surface area contributed by atoms with Crippen molar-refractivity contribution < 1.29 is 19.1 Å². The number of carbonyl (C=O) groups is 2. The van der Waals surface area contributed by atoms with Crippen LogP contribution in [0.25, 0.3) is 0 Å². The van der Waals surface area contributed by atoms with Crippen LogP contribution in [-0.2, 0) is 9.53 Å². The normalized spacial score (nSPS) is 10.2. The molecule has 142 valence electrons. The van der Waals surface area contributed by atoms with E-state index in [0.717, 1.165) is 11.1 Å². The molecule has 0 aliphatic heterocycles. The van der Waals surface area contributed by atoms with E-state index in [2.05, 4.69) is 10.3 Å². The van der Waals surface area contributed by atoms with E-state index in [4.69, 9.17) is 9.47 Å². The van der Waals surface area contributed by atoms with Crippen molar-refractivity contribution in [3.8, 4) is 11.6 Å². The number of aryl methyl sites for hydroxylation is 2. The number of carbonyl (C=O) groups excluding carboxylic acids is 2. The fraction of sp³-hybridized carbons (Fsp3) is 0.136. The number of esters is 1. The van der Waals surface area contributed by atoms with E-state index in [-0.39, 0.29) is 11.4 Å². The summed E-state index contributed by atoms with van der Waals surface area (Å²) >= 11 is 0. The maximum absolute atomic E-state index is 12.4. The van der Waals surface area contributed by atoms with Gasteiger partial charge in [-0.2, -0.15) is 0 Å². The number of ether oxygens (including phenoxy) is 2. The lowest BCUT2D eigenvalue weighted by atomic mass is 10.1. The highest BCUT2D eigenvalue weighted by Gasteiger charge is 2.17. The molecule has 1 amide bonds. The van der Waals surface area contributed by atoms with Gasteiger partial charge in [0.05, 0.1) is 0 Å². The summed E-state index contributed by atoms with van der Waals surface area (Å²) in [6.07, 6.45) is 1.52. The Balaban J connectivity index is 1.62. The molecule has 6 heteroatoms. The molecule has 3 rings (SSSR count). The third-order valence-electron chi connectivity index (χ3n) is 3.79. The third-order valence-corrected chi connectivity index (χ3v) is 3.79. The van der Waals surface area contributed by atoms with Gasteiger partial charge in [-0.3, -0.25) is 4.79 Å². The van der Waals surface area contributed by atoms with Gasteiger partial charge in [0.1, 0.15) is 11.3 Å². The van der Waals surface area contributed by atoms with Gasteiger partial charge in [0.25, 0.3) is 5.91 Å². The van der Waals surface area contributed by atoms with Crippen LogP contribution < -0.4 is 10.1 Å². The van der Waals surface area contributed by atoms with E-state index in [0.29, 0.717) is 11.4 Å². The Morgan fingerprint density at radius 3 is 2.39 bits per heavy atom. The first-order chi connectivity index (χ1) is 13.5. The zero-order chi connectivity index (χ0) is 19.9. The highest BCUT2D eigenvalue weighted by Crippen LogP contribution is 2.23. The van der Waals surface area contributed by atoms with Crippen LogP contribution in [0.3, 0.4) is 0 Å². The molecule has 1 aromatic heterocycles. The van der Waals surface area contributed by atoms with E-state index in [9.17, 15) is 9.59 Å². The molecule has 0 atom stereocenters. The minimum Gasteiger partial charge on any atom is -0.452 e. The maximum atomic E-state index is 12.4. The average Bonchev–Trinajstić information content (AvgIpc) is 2.66. The molecule has 1 heterocycles. The Morgan fingerprint density at radius 2 is 1.68 bits per heavy atom. The minimum absolute atomic E-state index is 0.119. The molecule has 0 spiro atoms. The number of rotatable bonds is 6. The fourth-order valence-corrected chi connectivity index (χ4v) is 2.68. The van der Waals surface area contributed by atoms with Crippen LogP contribution in [0.4, 0.5) is 5.69 Å². The molecule has 28 heavy (non-hydrogen) atoms. The summed E-state index contributed by atoms with van der Waals surface area (Å²) in [6, 6.07) is 17.8. The van der Waals surface area contributed by atoms with Gasteiger partial charge in [-0.15, -0.1) is 0 Å². The van der Waals surface area contributed by atoms with Crippen molar-refractivity contribution in [3.63, 3.8) is 0 Å². The Morgan fingerprint density at radius 1 is 0.964 bits per heavy atom. The summed E-state index contributed by atoms with van der Waals surface area (Å²) in [4.78, 5) is 28.6. The van der Waals surface area contributed by atoms with Gasteiger partial charge in [-0.1, -0.05) is 24.3 Å². The lowest BCUT2D eigenvalue weighted by Crippen LogP contribution is -2.21. The number of anilines is 1. The van der Waals surface area contributed by atoms with Crippen LogP contribution >= 0.6 is 0 Å². The van der Waals surface area contributed by atoms with Crippen molar-refractivity contribution in [2.75, 3.05) is 11.9 Å². The zero-order valence-electron chi connectivity index (χ0n) is 15.6. The van der Waals surface area contributed by atoms with Crippen LogP contribution in [0.5, 0.6) is 11.6 Å². The molecule has 3 aromatic rings. The molecular formula is C22H20N2O4. The predicted octanol–water partition coefficient (Wildman–Crippen LogP) is 4.29. The number of hydrogen-bond acceptors (Lipinski definition) is 5. The first-order valence-corrected chi connectivity index (χ1v) is 8.74. The fourth-order valence-electron chi connectivity index (χ4n) is 2.68. The standard InChI is InChI=1S/C22H20N2O4/c1-15-11-16(2)13-17(12-15)24-20(25)14-27-22(26)19-9-6-10-23-21(19)28-18-7-4-3-5-8-18/h3-13H,14H2,1-2H3,(H,24,25). The number of nitrogens with zero attached hydrogens (tertiary/aromatic N) is 1. The molecule has 0 fully saturated rings. The summed E-state index contributed by atoms with van der Waals surface area (Å²) < 4.78 is 10.8. The van der Waals surface area contributed by atoms with Crippen molar-refractivity contribution in [3.05, 3.63) is 83.6 Å². The van der Waals surface area contributed by atoms with Gasteiger partial charge in [0.2, 0.25) is 5.88 Å². The molecule has 1 N–H and O–H groups in total. The molecule has 0 bridgehead atoms. The Hall–Kier alpha value is -3.67. The second kappa shape index (κ2) is 8.81. The predicted molar refractivity (Wildman–Crippen MR) is 106 cm³/mol. The molecule has 0 saturated carbocycles. The number of pyridine rings is 1. The highest BCUT2D eigenvalue weighted by molar-refractivity contribution is 5.96. The van der Waals surface area contributed by atoms with Gasteiger partial charge in [0.15, 0.2) is 6.61 Å². The number of hydrogen-bond donors (Lipinski definition) is 1. The lowest BCUT2D eigenvalue weighted by molar-refractivity contribution is -0.119. The summed E-state index contributed by atoms with van der Waals surface area (Å²) in [7, 11) is 0. The second-order valence-corrected chi connectivity index (χ2v) is 6.27. The van der Waals surface area contributed by atoms with E-state index >= 15 is 0 Å². The molecule has 2 aromatic carbocycles. The van der Waals surface area contributed by atoms with Crippen molar-refractivity contribution >= 4 is 17.6 Å². The average molecular weight is 376 g/mol. The molecule has 0 unspecified atom stereocenters. The minimum atomic E-state index is -0.686. The number of para-hydroxylation sites is 1. The van der Waals surface area contributed by atoms with Crippen LogP contribution in [0.2, 0.25) is 0 Å². The van der Waals surface area contributed by atoms with Crippen molar-refractivity contribution in [1.29, 1.82) is 0 Å². The first-order valence-electron chi connectivity index (χ1n) is 8.74. The quantitative estimate of drug-likeness (QED) is 0.650. The largest absolute Gasteiger partial charge is 0.452 e. The first kappa shape index (κ1) is 19.1. The molecular weight excluding hydrogens is 356 g/mol. The summed E-state index contributed by atoms with van der Waals surface area (Å²) in [6.45, 7) is 3.48. The van der Waals surface area contributed by atoms with Gasteiger partial charge in [0, 0.05) is 11.9 Å². The van der Waals surface area contributed by atoms with E-state index in [1.807, 2.05) is 50.2 Å². The number of aromatic nitrogens is 1. The van der Waals surface area contributed by atoms with E-state index in [1.54, 1.807) is 18.2 Å². The highest BCUT2D eigenvalue weighted by atomic mass is 16.5. The number of benzene rings is 2. The number of nitrogens with one attached hydrogen (secondary N) is 1. The van der Waals surface area contributed by atoms with E-state index in [1.165, 1.54) is 12.3 Å². The Labute approximate surface area is 163 Å². The second-order valence-electron chi connectivity index (χ2n) is 6.27. The van der Waals surface area contributed by atoms with Crippen LogP contribution in [0, 0.1) is 13.8 Å². The van der Waals surface area contributed by atoms with Crippen LogP contribution in [0.1, 0.15) is 21.5 Å². The van der Waals surface area contributed by atoms with Gasteiger partial charge >= 0.3 is 5.97 Å². The lowest BCUT2D eigenvalue weighted by Gasteiger charge is -2.10. The van der Waals surface area contributed by atoms with Gasteiger partial charge < -0.3 is 14.8 Å². The van der Waals surface area contributed by atoms with Crippen molar-refractivity contribution in [1.82, 2.24) is 4.98 Å². The third kappa shape index (κ3) is 5.17.